The molecule has 7 heteroatoms. The first-order chi connectivity index (χ1) is 26.9. The van der Waals surface area contributed by atoms with Crippen molar-refractivity contribution in [1.82, 2.24) is 19.5 Å². The van der Waals surface area contributed by atoms with Crippen LogP contribution >= 0.6 is 0 Å². The maximum absolute atomic E-state index is 12.7. The Hall–Kier alpha value is -5.49. The van der Waals surface area contributed by atoms with Crippen molar-refractivity contribution in [2.24, 2.45) is 0 Å². The van der Waals surface area contributed by atoms with Crippen molar-refractivity contribution in [3.63, 3.8) is 0 Å². The normalized spacial score (nSPS) is 12.5. The van der Waals surface area contributed by atoms with Gasteiger partial charge in [0.2, 0.25) is 0 Å². The second-order valence-electron chi connectivity index (χ2n) is 13.8. The van der Waals surface area contributed by atoms with Gasteiger partial charge in [0.05, 0.1) is 16.9 Å². The zero-order chi connectivity index (χ0) is 39.3. The van der Waals surface area contributed by atoms with E-state index in [9.17, 15) is 4.39 Å². The number of pyridine rings is 2. The molecule has 54 heavy (non-hydrogen) atoms. The van der Waals surface area contributed by atoms with Crippen LogP contribution in [0.3, 0.4) is 0 Å². The molecular weight excluding hydrogens is 848 g/mol. The van der Waals surface area contributed by atoms with Gasteiger partial charge < -0.3 is 14.0 Å². The van der Waals surface area contributed by atoms with Crippen LogP contribution in [-0.2, 0) is 20.1 Å². The molecule has 4 heterocycles. The number of furan rings is 1. The molecule has 9 rings (SSSR count). The zero-order valence-corrected chi connectivity index (χ0v) is 32.9. The molecule has 0 N–H and O–H groups in total. The van der Waals surface area contributed by atoms with Crippen LogP contribution in [0.25, 0.3) is 72.2 Å². The van der Waals surface area contributed by atoms with Crippen molar-refractivity contribution >= 4 is 43.9 Å². The number of halogens is 1. The number of para-hydroxylation sites is 2. The second kappa shape index (κ2) is 15.1. The number of fused-ring (bicyclic) bond motifs is 6. The van der Waals surface area contributed by atoms with Gasteiger partial charge in [-0.05, 0) is 54.1 Å². The minimum atomic E-state index is -2.15. The van der Waals surface area contributed by atoms with E-state index in [1.54, 1.807) is 12.1 Å². The molecule has 0 aliphatic rings. The summed E-state index contributed by atoms with van der Waals surface area (Å²) in [7, 11) is 0. The molecule has 0 amide bonds. The number of hydrogen-bond donors (Lipinski definition) is 0. The first kappa shape index (κ1) is 33.1. The molecule has 0 aliphatic carbocycles. The summed E-state index contributed by atoms with van der Waals surface area (Å²) in [5.74, 6) is 1.07. The van der Waals surface area contributed by atoms with Gasteiger partial charge in [-0.1, -0.05) is 111 Å². The Morgan fingerprint density at radius 3 is 2.15 bits per heavy atom. The van der Waals surface area contributed by atoms with Crippen LogP contribution < -0.4 is 0 Å². The third-order valence-corrected chi connectivity index (χ3v) is 9.65. The molecule has 5 nitrogen and oxygen atoms in total. The van der Waals surface area contributed by atoms with Gasteiger partial charge in [-0.3, -0.25) is 9.37 Å². The summed E-state index contributed by atoms with van der Waals surface area (Å²) in [6.07, 6.45) is 1.31. The average Bonchev–Trinajstić information content (AvgIpc) is 3.77. The monoisotopic (exact) mass is 890 g/mol. The molecule has 0 spiro atoms. The second-order valence-corrected chi connectivity index (χ2v) is 13.8. The SMILES string of the molecule is Cc1nc2nc(-c3[c-]ccc4c3oc3ccccc34)n(-c3c(C(C)C)cccc3C(C)C)c2c2ccccc12.[2H]C([2H])([2H])c1ccc(-c2[c-]cc(F)cc2)nc1.[Ir]. The number of imidazole rings is 1. The summed E-state index contributed by atoms with van der Waals surface area (Å²) in [6.45, 7) is 8.94. The average molecular weight is 890 g/mol. The number of rotatable bonds is 5. The molecule has 0 aliphatic heterocycles. The fourth-order valence-electron chi connectivity index (χ4n) is 7.08. The van der Waals surface area contributed by atoms with Crippen molar-refractivity contribution in [1.29, 1.82) is 0 Å². The van der Waals surface area contributed by atoms with Crippen molar-refractivity contribution in [2.75, 3.05) is 0 Å². The Balaban J connectivity index is 0.000000232. The molecular formula is C47H39FIrN4O-2. The Kier molecular flexibility index (Phi) is 9.25. The molecule has 0 atom stereocenters. The molecule has 0 bridgehead atoms. The minimum absolute atomic E-state index is 0. The topological polar surface area (TPSA) is 56.7 Å². The summed E-state index contributed by atoms with van der Waals surface area (Å²) >= 11 is 0. The fraction of sp³-hybridized carbons (Fsp3) is 0.170. The summed E-state index contributed by atoms with van der Waals surface area (Å²) in [5, 5.41) is 4.43. The van der Waals surface area contributed by atoms with Gasteiger partial charge in [0, 0.05) is 63.8 Å². The molecule has 4 aromatic heterocycles. The van der Waals surface area contributed by atoms with E-state index in [0.717, 1.165) is 61.0 Å². The van der Waals surface area contributed by atoms with Crippen molar-refractivity contribution < 1.29 is 33.0 Å². The summed E-state index contributed by atoms with van der Waals surface area (Å²) < 4.78 is 43.2. The van der Waals surface area contributed by atoms with E-state index < -0.39 is 6.85 Å². The largest absolute Gasteiger partial charge is 0.501 e. The van der Waals surface area contributed by atoms with Gasteiger partial charge in [-0.25, -0.2) is 4.98 Å². The number of aromatic nitrogens is 4. The third-order valence-electron chi connectivity index (χ3n) is 9.65. The maximum atomic E-state index is 12.7. The Morgan fingerprint density at radius 2 is 1.48 bits per heavy atom. The van der Waals surface area contributed by atoms with Gasteiger partial charge in [-0.15, -0.1) is 48.0 Å². The van der Waals surface area contributed by atoms with Crippen molar-refractivity contribution in [2.45, 2.75) is 53.3 Å². The predicted molar refractivity (Wildman–Crippen MR) is 214 cm³/mol. The summed E-state index contributed by atoms with van der Waals surface area (Å²) in [4.78, 5) is 14.3. The van der Waals surface area contributed by atoms with Crippen LogP contribution in [0.1, 0.15) is 66.0 Å². The van der Waals surface area contributed by atoms with E-state index in [1.807, 2.05) is 18.2 Å². The minimum Gasteiger partial charge on any atom is -0.501 e. The molecule has 0 saturated carbocycles. The smallest absolute Gasteiger partial charge is 0.169 e. The van der Waals surface area contributed by atoms with E-state index in [-0.39, 0.29) is 31.5 Å². The Labute approximate surface area is 332 Å². The Bertz CT molecular complexity index is 2850. The van der Waals surface area contributed by atoms with Crippen molar-refractivity contribution in [3.05, 3.63) is 156 Å². The first-order valence-electron chi connectivity index (χ1n) is 19.3. The van der Waals surface area contributed by atoms with Crippen LogP contribution in [0.2, 0.25) is 0 Å². The van der Waals surface area contributed by atoms with Crippen LogP contribution in [-0.4, -0.2) is 19.5 Å². The third kappa shape index (κ3) is 6.63. The molecule has 0 saturated heterocycles. The maximum Gasteiger partial charge on any atom is 0.169 e. The number of benzene rings is 5. The van der Waals surface area contributed by atoms with Crippen LogP contribution in [0.15, 0.2) is 120 Å². The summed E-state index contributed by atoms with van der Waals surface area (Å²) in [5.41, 5.74) is 10.3. The standard InChI is InChI=1S/C35H30N3O.C12H9FN.Ir/c1-20(2)23-15-10-16-24(21(3)4)31(23)38-32-27-14-7-6-12-25(27)22(5)36-34(32)37-35(38)29-18-11-17-28-26-13-8-9-19-30(26)39-33(28)29;1-9-2-7-12(14-8-9)10-3-5-11(13)6-4-10;/h6-17,19-21H,1-5H3;2-3,5-8H,1H3;/q2*-1;/i;1D3;. The number of hydrogen-bond acceptors (Lipinski definition) is 4. The summed E-state index contributed by atoms with van der Waals surface area (Å²) in [6, 6.07) is 40.8. The van der Waals surface area contributed by atoms with Gasteiger partial charge in [-0.2, -0.15) is 0 Å². The van der Waals surface area contributed by atoms with E-state index >= 15 is 0 Å². The van der Waals surface area contributed by atoms with E-state index in [0.29, 0.717) is 23.1 Å². The zero-order valence-electron chi connectivity index (χ0n) is 33.5. The van der Waals surface area contributed by atoms with Gasteiger partial charge in [0.15, 0.2) is 5.65 Å². The molecule has 1 radical (unpaired) electrons. The number of nitrogens with zero attached hydrogens (tertiary/aromatic N) is 4. The van der Waals surface area contributed by atoms with E-state index in [4.69, 9.17) is 18.5 Å². The van der Waals surface area contributed by atoms with E-state index in [2.05, 4.69) is 117 Å². The van der Waals surface area contributed by atoms with E-state index in [1.165, 1.54) is 41.2 Å². The predicted octanol–water partition coefficient (Wildman–Crippen LogP) is 12.5. The Morgan fingerprint density at radius 1 is 0.759 bits per heavy atom. The molecule has 271 valence electrons. The van der Waals surface area contributed by atoms with Crippen LogP contribution in [0, 0.1) is 31.7 Å². The fourth-order valence-corrected chi connectivity index (χ4v) is 7.08. The van der Waals surface area contributed by atoms with Gasteiger partial charge >= 0.3 is 0 Å². The molecule has 0 fully saturated rings. The van der Waals surface area contributed by atoms with Crippen LogP contribution in [0.4, 0.5) is 4.39 Å². The number of aryl methyl sites for hydroxylation is 2. The molecule has 0 unspecified atom stereocenters. The van der Waals surface area contributed by atoms with Crippen molar-refractivity contribution in [3.8, 4) is 28.3 Å². The quantitative estimate of drug-likeness (QED) is 0.162. The van der Waals surface area contributed by atoms with Gasteiger partial charge in [0.25, 0.3) is 0 Å². The first-order valence-corrected chi connectivity index (χ1v) is 17.8. The molecule has 9 aromatic rings. The molecule has 5 aromatic carbocycles. The van der Waals surface area contributed by atoms with Gasteiger partial charge in [0.1, 0.15) is 5.58 Å². The van der Waals surface area contributed by atoms with Crippen LogP contribution in [0.5, 0.6) is 0 Å².